The van der Waals surface area contributed by atoms with Gasteiger partial charge in [0, 0.05) is 67.5 Å². The quantitative estimate of drug-likeness (QED) is 0.0545. The van der Waals surface area contributed by atoms with E-state index in [-0.39, 0.29) is 13.2 Å². The van der Waals surface area contributed by atoms with Crippen LogP contribution in [0, 0.1) is 0 Å². The first-order valence-corrected chi connectivity index (χ1v) is 22.9. The van der Waals surface area contributed by atoms with Crippen molar-refractivity contribution >= 4 is 52.3 Å². The molecule has 0 unspecified atom stereocenters. The van der Waals surface area contributed by atoms with Gasteiger partial charge in [-0.3, -0.25) is 33.3 Å². The Bertz CT molecular complexity index is 2290. The Balaban J connectivity index is 1.68. The topological polar surface area (TPSA) is 239 Å². The second kappa shape index (κ2) is 25.3. The predicted octanol–water partition coefficient (Wildman–Crippen LogP) is 4.09. The number of fused-ring (bicyclic) bond motifs is 2. The van der Waals surface area contributed by atoms with Gasteiger partial charge < -0.3 is 47.9 Å². The molecule has 20 nitrogen and oxygen atoms in total. The number of methoxy groups -OCH3 is 1. The first kappa shape index (κ1) is 53.7. The normalized spacial score (nSPS) is 19.0. The Morgan fingerprint density at radius 3 is 2.10 bits per heavy atom. The first-order valence-electron chi connectivity index (χ1n) is 22.9. The molecule has 20 heteroatoms. The van der Waals surface area contributed by atoms with Crippen LogP contribution in [0.25, 0.3) is 22.3 Å². The van der Waals surface area contributed by atoms with Crippen LogP contribution in [0.3, 0.4) is 0 Å². The van der Waals surface area contributed by atoms with Gasteiger partial charge in [0.05, 0.1) is 37.3 Å². The van der Waals surface area contributed by atoms with Crippen LogP contribution in [0.4, 0.5) is 5.69 Å². The van der Waals surface area contributed by atoms with Crippen LogP contribution in [0.5, 0.6) is 0 Å². The summed E-state index contributed by atoms with van der Waals surface area (Å²) in [6.07, 6.45) is 4.54. The lowest BCUT2D eigenvalue weighted by Crippen LogP contribution is -2.69. The summed E-state index contributed by atoms with van der Waals surface area (Å²) in [6.45, 7) is 7.46. The molecule has 67 heavy (non-hydrogen) atoms. The van der Waals surface area contributed by atoms with Crippen LogP contribution >= 0.6 is 0 Å². The molecule has 370 valence electrons. The van der Waals surface area contributed by atoms with Crippen LogP contribution in [-0.2, 0) is 75.5 Å². The molecule has 3 heterocycles. The van der Waals surface area contributed by atoms with E-state index in [1.165, 1.54) is 52.5 Å². The number of esters is 5. The average Bonchev–Trinajstić information content (AvgIpc) is 3.26. The molecule has 1 amide bonds. The Morgan fingerprint density at radius 2 is 1.52 bits per heavy atom. The number of likely N-dealkylation sites (N-methyl/N-ethyl adjacent to an activating group) is 1. The number of unbranched alkanes of at least 4 members (excludes halogenated alkanes) is 9. The third kappa shape index (κ3) is 14.8. The van der Waals surface area contributed by atoms with Crippen molar-refractivity contribution in [1.82, 2.24) is 19.4 Å². The minimum absolute atomic E-state index is 0.108. The summed E-state index contributed by atoms with van der Waals surface area (Å²) in [4.78, 5) is 108. The molecule has 0 radical (unpaired) electrons. The van der Waals surface area contributed by atoms with Crippen LogP contribution in [0.15, 0.2) is 33.9 Å². The number of carbonyl (C=O) groups excluding carboxylic acids is 6. The fraction of sp³-hybridized carbons (Fsp3) is 0.638. The molecular weight excluding hydrogens is 875 g/mol. The zero-order valence-corrected chi connectivity index (χ0v) is 40.2. The monoisotopic (exact) mass is 941 g/mol. The first-order chi connectivity index (χ1) is 31.8. The molecule has 1 aromatic rings. The molecule has 0 aliphatic carbocycles. The Kier molecular flexibility index (Phi) is 20.3. The molecule has 1 N–H and O–H groups in total. The lowest BCUT2D eigenvalue weighted by molar-refractivity contribution is -0.313. The Hall–Kier alpha value is -5.89. The summed E-state index contributed by atoms with van der Waals surface area (Å²) in [5.74, 6) is -7.14. The van der Waals surface area contributed by atoms with Gasteiger partial charge in [-0.1, -0.05) is 70.8 Å². The van der Waals surface area contributed by atoms with E-state index < -0.39 is 96.3 Å². The van der Waals surface area contributed by atoms with E-state index in [0.29, 0.717) is 23.6 Å². The summed E-state index contributed by atoms with van der Waals surface area (Å²) in [5.41, 5.74) is 0.656. The second-order valence-corrected chi connectivity index (χ2v) is 16.9. The van der Waals surface area contributed by atoms with Gasteiger partial charge in [0.25, 0.3) is 11.3 Å². The van der Waals surface area contributed by atoms with Crippen molar-refractivity contribution in [3.05, 3.63) is 45.1 Å². The number of amides is 1. The maximum absolute atomic E-state index is 13.9. The number of aryl methyl sites for hydroxylation is 1. The van der Waals surface area contributed by atoms with Crippen LogP contribution in [0.1, 0.15) is 112 Å². The summed E-state index contributed by atoms with van der Waals surface area (Å²) in [5, 5.41) is 3.39. The second-order valence-electron chi connectivity index (χ2n) is 16.9. The third-order valence-electron chi connectivity index (χ3n) is 11.6. The maximum Gasteiger partial charge on any atom is 0.366 e. The molecule has 0 saturated carbocycles. The molecule has 1 fully saturated rings. The number of nitrogens with one attached hydrogen (secondary N) is 1. The number of benzene rings is 1. The van der Waals surface area contributed by atoms with E-state index in [2.05, 4.69) is 17.2 Å². The van der Waals surface area contributed by atoms with E-state index in [1.54, 1.807) is 13.1 Å². The zero-order chi connectivity index (χ0) is 49.4. The summed E-state index contributed by atoms with van der Waals surface area (Å²) in [7, 11) is 4.26. The average molecular weight is 942 g/mol. The Labute approximate surface area is 390 Å². The van der Waals surface area contributed by atoms with Gasteiger partial charge in [-0.2, -0.15) is 4.98 Å². The fourth-order valence-electron chi connectivity index (χ4n) is 8.32. The van der Waals surface area contributed by atoms with Crippen molar-refractivity contribution < 1.29 is 61.9 Å². The minimum Gasteiger partial charge on any atom is -0.465 e. The highest BCUT2D eigenvalue weighted by atomic mass is 16.7. The van der Waals surface area contributed by atoms with E-state index in [0.717, 1.165) is 76.0 Å². The number of hydrogen-bond donors (Lipinski definition) is 1. The van der Waals surface area contributed by atoms with Crippen molar-refractivity contribution in [3.63, 3.8) is 0 Å². The predicted molar refractivity (Wildman–Crippen MR) is 244 cm³/mol. The van der Waals surface area contributed by atoms with E-state index in [4.69, 9.17) is 33.2 Å². The third-order valence-corrected chi connectivity index (χ3v) is 11.6. The molecule has 0 bridgehead atoms. The number of hydrogen-bond acceptors (Lipinski definition) is 17. The molecule has 0 spiro atoms. The lowest BCUT2D eigenvalue weighted by Gasteiger charge is -2.48. The van der Waals surface area contributed by atoms with Gasteiger partial charge in [0.15, 0.2) is 18.0 Å². The van der Waals surface area contributed by atoms with Crippen LogP contribution < -0.4 is 21.5 Å². The van der Waals surface area contributed by atoms with Crippen LogP contribution in [-0.4, -0.2) is 120 Å². The Morgan fingerprint density at radius 1 is 0.881 bits per heavy atom. The number of rotatable bonds is 25. The molecule has 3 aliphatic rings. The van der Waals surface area contributed by atoms with Gasteiger partial charge in [0.2, 0.25) is 5.91 Å². The van der Waals surface area contributed by atoms with E-state index in [1.807, 2.05) is 27.7 Å². The standard InChI is InChI=1S/C47H67N5O15/c1-10-11-12-13-14-15-16-17-18-19-22-52-37-26-35(21-20-34(37)25-36-43(52)49-46(60)51(8)44(36)58)50(7)23-24-63-47(45(59)61-9)27-38(64-31(4)55)40(48-29(2)53)42(67-47)41(66-33(6)57)39(65-32(5)56)28-62-30(3)54/h20-21,25-26,38-42H,10-19,22-24,27-28H2,1-9H3,(H,48,53)/t38-,39+,40+,41+,42+,47-/m0/s1. The van der Waals surface area contributed by atoms with Crippen molar-refractivity contribution in [2.24, 2.45) is 7.05 Å². The molecule has 0 aromatic heterocycles. The van der Waals surface area contributed by atoms with E-state index >= 15 is 0 Å². The zero-order valence-electron chi connectivity index (χ0n) is 40.2. The van der Waals surface area contributed by atoms with Gasteiger partial charge in [0.1, 0.15) is 18.8 Å². The number of nitrogens with zero attached hydrogens (tertiary/aromatic N) is 4. The largest absolute Gasteiger partial charge is 0.465 e. The molecule has 1 aromatic carbocycles. The number of pyridine rings is 1. The lowest BCUT2D eigenvalue weighted by atomic mass is 9.88. The van der Waals surface area contributed by atoms with Gasteiger partial charge in [-0.15, -0.1) is 0 Å². The summed E-state index contributed by atoms with van der Waals surface area (Å²) < 4.78 is 42.6. The SMILES string of the molecule is CCCCCCCCCCCCn1c2nc(=O)n(C)c(=O)c-2cc2ccc(N(C)CCO[C@@]3(C(=O)OC)C[C@H](OC(C)=O)[C@@H](NC(C)=O)[C@H]([C@H](OC(C)=O)[C@@H](COC(C)=O)OC(C)=O)O3)cc21. The number of ether oxygens (including phenoxy) is 7. The highest BCUT2D eigenvalue weighted by Gasteiger charge is 2.59. The van der Waals surface area contributed by atoms with E-state index in [9.17, 15) is 38.4 Å². The van der Waals surface area contributed by atoms with Gasteiger partial charge in [-0.25, -0.2) is 9.59 Å². The van der Waals surface area contributed by atoms with Crippen LogP contribution in [0.2, 0.25) is 0 Å². The maximum atomic E-state index is 13.9. The fourth-order valence-corrected chi connectivity index (χ4v) is 8.32. The molecule has 4 rings (SSSR count). The summed E-state index contributed by atoms with van der Waals surface area (Å²) in [6, 6.07) is 6.00. The summed E-state index contributed by atoms with van der Waals surface area (Å²) >= 11 is 0. The number of anilines is 1. The molecule has 3 aliphatic heterocycles. The van der Waals surface area contributed by atoms with Crippen molar-refractivity contribution in [2.45, 2.75) is 155 Å². The van der Waals surface area contributed by atoms with Crippen molar-refractivity contribution in [1.29, 1.82) is 0 Å². The highest BCUT2D eigenvalue weighted by Crippen LogP contribution is 2.37. The number of carbonyl (C=O) groups is 6. The molecule has 6 atom stereocenters. The molecule has 1 saturated heterocycles. The minimum atomic E-state index is -2.38. The highest BCUT2D eigenvalue weighted by molar-refractivity contribution is 5.88. The van der Waals surface area contributed by atoms with Gasteiger partial charge >= 0.3 is 35.5 Å². The van der Waals surface area contributed by atoms with Gasteiger partial charge in [-0.05, 0) is 30.0 Å². The smallest absolute Gasteiger partial charge is 0.366 e. The van der Waals surface area contributed by atoms with Crippen molar-refractivity contribution in [3.8, 4) is 11.4 Å². The van der Waals surface area contributed by atoms with Crippen molar-refractivity contribution in [2.75, 3.05) is 38.8 Å². The number of aromatic nitrogens is 3. The molecular formula is C47H67N5O15.